The van der Waals surface area contributed by atoms with Crippen LogP contribution >= 0.6 is 0 Å². The average Bonchev–Trinajstić information content (AvgIpc) is 2.87. The highest BCUT2D eigenvalue weighted by atomic mass is 32.2. The van der Waals surface area contributed by atoms with Crippen LogP contribution in [-0.2, 0) is 14.8 Å². The Bertz CT molecular complexity index is 1260. The van der Waals surface area contributed by atoms with Crippen LogP contribution in [0.4, 0.5) is 10.1 Å². The largest absolute Gasteiger partial charge is 0.497 e. The normalized spacial score (nSPS) is 11.9. The number of sulfonamides is 1. The Morgan fingerprint density at radius 3 is 2.11 bits per heavy atom. The number of amides is 1. The number of nitrogens with zero attached hydrogens (tertiary/aromatic N) is 1. The van der Waals surface area contributed by atoms with Crippen molar-refractivity contribution in [2.45, 2.75) is 17.9 Å². The van der Waals surface area contributed by atoms with Gasteiger partial charge in [-0.2, -0.15) is 0 Å². The van der Waals surface area contributed by atoms with Gasteiger partial charge in [-0.05, 0) is 61.0 Å². The molecule has 0 unspecified atom stereocenters. The predicted molar refractivity (Wildman–Crippen MR) is 130 cm³/mol. The van der Waals surface area contributed by atoms with Crippen molar-refractivity contribution in [3.8, 4) is 17.2 Å². The van der Waals surface area contributed by atoms with E-state index in [4.69, 9.17) is 14.2 Å². The maximum atomic E-state index is 13.7. The SMILES string of the molecule is COc1ccc(N(CC(=O)N[C@@H](C)c2ccc(F)cc2)S(=O)(=O)c2ccc(OC)c(OC)c2)cc1. The van der Waals surface area contributed by atoms with E-state index in [0.717, 1.165) is 4.31 Å². The maximum absolute atomic E-state index is 13.7. The van der Waals surface area contributed by atoms with Gasteiger partial charge in [0.15, 0.2) is 11.5 Å². The van der Waals surface area contributed by atoms with Gasteiger partial charge in [0.05, 0.1) is 38.0 Å². The van der Waals surface area contributed by atoms with E-state index in [-0.39, 0.29) is 22.1 Å². The molecular weight excluding hydrogens is 475 g/mol. The molecule has 0 aliphatic heterocycles. The molecule has 10 heteroatoms. The number of nitrogens with one attached hydrogen (secondary N) is 1. The predicted octanol–water partition coefficient (Wildman–Crippen LogP) is 3.92. The lowest BCUT2D eigenvalue weighted by Gasteiger charge is -2.25. The van der Waals surface area contributed by atoms with Gasteiger partial charge in [0.1, 0.15) is 18.1 Å². The van der Waals surface area contributed by atoms with Crippen LogP contribution in [-0.4, -0.2) is 42.2 Å². The van der Waals surface area contributed by atoms with Crippen molar-refractivity contribution < 1.29 is 31.8 Å². The fraction of sp³-hybridized carbons (Fsp3) is 0.240. The Morgan fingerprint density at radius 2 is 1.54 bits per heavy atom. The molecule has 1 N–H and O–H groups in total. The van der Waals surface area contributed by atoms with Crippen LogP contribution < -0.4 is 23.8 Å². The third-order valence-electron chi connectivity index (χ3n) is 5.34. The molecule has 3 aromatic carbocycles. The zero-order valence-corrected chi connectivity index (χ0v) is 20.6. The van der Waals surface area contributed by atoms with Crippen molar-refractivity contribution in [2.24, 2.45) is 0 Å². The summed E-state index contributed by atoms with van der Waals surface area (Å²) in [6.07, 6.45) is 0. The number of rotatable bonds is 10. The summed E-state index contributed by atoms with van der Waals surface area (Å²) in [5, 5.41) is 2.77. The number of carbonyl (C=O) groups excluding carboxylic acids is 1. The van der Waals surface area contributed by atoms with Crippen LogP contribution in [0, 0.1) is 5.82 Å². The van der Waals surface area contributed by atoms with E-state index in [1.807, 2.05) is 0 Å². The molecule has 0 aromatic heterocycles. The molecule has 0 saturated carbocycles. The fourth-order valence-corrected chi connectivity index (χ4v) is 4.86. The lowest BCUT2D eigenvalue weighted by molar-refractivity contribution is -0.120. The number of ether oxygens (including phenoxy) is 3. The van der Waals surface area contributed by atoms with Crippen molar-refractivity contribution in [3.05, 3.63) is 78.1 Å². The topological polar surface area (TPSA) is 94.2 Å². The second kappa shape index (κ2) is 11.1. The third-order valence-corrected chi connectivity index (χ3v) is 7.11. The van der Waals surface area contributed by atoms with Gasteiger partial charge < -0.3 is 19.5 Å². The standard InChI is InChI=1S/C25H27FN2O6S/c1-17(18-5-7-19(26)8-6-18)27-25(29)16-28(20-9-11-21(32-2)12-10-20)35(30,31)22-13-14-23(33-3)24(15-22)34-4/h5-15,17H,16H2,1-4H3,(H,27,29)/t17-/m0/s1. The molecule has 0 aliphatic rings. The second-order valence-corrected chi connectivity index (χ2v) is 9.43. The van der Waals surface area contributed by atoms with Crippen molar-refractivity contribution in [1.29, 1.82) is 0 Å². The molecule has 8 nitrogen and oxygen atoms in total. The monoisotopic (exact) mass is 502 g/mol. The van der Waals surface area contributed by atoms with E-state index in [0.29, 0.717) is 17.1 Å². The molecule has 0 spiro atoms. The molecular formula is C25H27FN2O6S. The zero-order chi connectivity index (χ0) is 25.6. The van der Waals surface area contributed by atoms with E-state index in [9.17, 15) is 17.6 Å². The van der Waals surface area contributed by atoms with Crippen LogP contribution in [0.1, 0.15) is 18.5 Å². The zero-order valence-electron chi connectivity index (χ0n) is 19.8. The summed E-state index contributed by atoms with van der Waals surface area (Å²) < 4.78 is 57.2. The van der Waals surface area contributed by atoms with Gasteiger partial charge in [-0.1, -0.05) is 12.1 Å². The molecule has 3 rings (SSSR count). The highest BCUT2D eigenvalue weighted by Gasteiger charge is 2.29. The van der Waals surface area contributed by atoms with Gasteiger partial charge >= 0.3 is 0 Å². The molecule has 35 heavy (non-hydrogen) atoms. The molecule has 1 atom stereocenters. The van der Waals surface area contributed by atoms with Gasteiger partial charge in [0, 0.05) is 6.07 Å². The maximum Gasteiger partial charge on any atom is 0.264 e. The Balaban J connectivity index is 1.94. The minimum absolute atomic E-state index is 0.0784. The first kappa shape index (κ1) is 25.8. The fourth-order valence-electron chi connectivity index (χ4n) is 3.42. The van der Waals surface area contributed by atoms with Crippen LogP contribution in [0.3, 0.4) is 0 Å². The molecule has 1 amide bonds. The molecule has 3 aromatic rings. The molecule has 0 aliphatic carbocycles. The molecule has 0 heterocycles. The van der Waals surface area contributed by atoms with E-state index in [2.05, 4.69) is 5.32 Å². The molecule has 0 fully saturated rings. The molecule has 0 saturated heterocycles. The summed E-state index contributed by atoms with van der Waals surface area (Å²) in [7, 11) is 0.161. The minimum Gasteiger partial charge on any atom is -0.497 e. The number of hydrogen-bond acceptors (Lipinski definition) is 6. The van der Waals surface area contributed by atoms with E-state index >= 15 is 0 Å². The summed E-state index contributed by atoms with van der Waals surface area (Å²) in [5.41, 5.74) is 0.948. The first-order valence-electron chi connectivity index (χ1n) is 10.6. The third kappa shape index (κ3) is 6.02. The van der Waals surface area contributed by atoms with Crippen molar-refractivity contribution >= 4 is 21.6 Å². The molecule has 186 valence electrons. The van der Waals surface area contributed by atoms with Crippen molar-refractivity contribution in [2.75, 3.05) is 32.2 Å². The summed E-state index contributed by atoms with van der Waals surface area (Å²) >= 11 is 0. The number of methoxy groups -OCH3 is 3. The molecule has 0 bridgehead atoms. The van der Waals surface area contributed by atoms with Crippen molar-refractivity contribution in [1.82, 2.24) is 5.32 Å². The Kier molecular flexibility index (Phi) is 8.18. The smallest absolute Gasteiger partial charge is 0.264 e. The molecule has 0 radical (unpaired) electrons. The number of anilines is 1. The Hall–Kier alpha value is -3.79. The highest BCUT2D eigenvalue weighted by molar-refractivity contribution is 7.92. The first-order chi connectivity index (χ1) is 16.7. The van der Waals surface area contributed by atoms with E-state index in [1.165, 1.54) is 51.7 Å². The first-order valence-corrected chi connectivity index (χ1v) is 12.1. The Morgan fingerprint density at radius 1 is 0.914 bits per heavy atom. The minimum atomic E-state index is -4.19. The number of benzene rings is 3. The van der Waals surface area contributed by atoms with Gasteiger partial charge in [0.25, 0.3) is 10.0 Å². The quantitative estimate of drug-likeness (QED) is 0.452. The second-order valence-electron chi connectivity index (χ2n) is 7.57. The summed E-state index contributed by atoms with van der Waals surface area (Å²) in [6.45, 7) is 1.24. The van der Waals surface area contributed by atoms with Crippen LogP contribution in [0.2, 0.25) is 0 Å². The van der Waals surface area contributed by atoms with E-state index in [1.54, 1.807) is 43.3 Å². The number of halogens is 1. The highest BCUT2D eigenvalue weighted by Crippen LogP contribution is 2.32. The lowest BCUT2D eigenvalue weighted by atomic mass is 10.1. The number of hydrogen-bond donors (Lipinski definition) is 1. The number of carbonyl (C=O) groups is 1. The van der Waals surface area contributed by atoms with Crippen molar-refractivity contribution in [3.63, 3.8) is 0 Å². The van der Waals surface area contributed by atoms with Gasteiger partial charge in [0.2, 0.25) is 5.91 Å². The summed E-state index contributed by atoms with van der Waals surface area (Å²) in [5.74, 6) is 0.207. The van der Waals surface area contributed by atoms with Gasteiger partial charge in [-0.25, -0.2) is 12.8 Å². The van der Waals surface area contributed by atoms with E-state index < -0.39 is 28.5 Å². The summed E-state index contributed by atoms with van der Waals surface area (Å²) in [4.78, 5) is 12.9. The lowest BCUT2D eigenvalue weighted by Crippen LogP contribution is -2.41. The average molecular weight is 503 g/mol. The Labute approximate surface area is 204 Å². The van der Waals surface area contributed by atoms with Crippen LogP contribution in [0.25, 0.3) is 0 Å². The van der Waals surface area contributed by atoms with Gasteiger partial charge in [-0.3, -0.25) is 9.10 Å². The van der Waals surface area contributed by atoms with Gasteiger partial charge in [-0.15, -0.1) is 0 Å². The van der Waals surface area contributed by atoms with Crippen LogP contribution in [0.15, 0.2) is 71.6 Å². The van der Waals surface area contributed by atoms with Crippen LogP contribution in [0.5, 0.6) is 17.2 Å². The summed E-state index contributed by atoms with van der Waals surface area (Å²) in [6, 6.07) is 15.7.